The Hall–Kier alpha value is -1.36. The maximum atomic E-state index is 12.4. The zero-order valence-corrected chi connectivity index (χ0v) is 12.6. The van der Waals surface area contributed by atoms with Gasteiger partial charge >= 0.3 is 0 Å². The van der Waals surface area contributed by atoms with E-state index in [0.717, 1.165) is 25.7 Å². The van der Waals surface area contributed by atoms with Crippen LogP contribution in [-0.2, 0) is 15.6 Å². The van der Waals surface area contributed by atoms with Gasteiger partial charge in [0.25, 0.3) is 0 Å². The lowest BCUT2D eigenvalue weighted by atomic mass is 10.0. The molecule has 0 aromatic heterocycles. The highest BCUT2D eigenvalue weighted by molar-refractivity contribution is 7.87. The number of para-hydroxylation sites is 2. The molecule has 110 valence electrons. The Bertz CT molecular complexity index is 498. The molecule has 2 atom stereocenters. The van der Waals surface area contributed by atoms with Crippen LogP contribution in [0.2, 0.25) is 0 Å². The minimum absolute atomic E-state index is 0.164. The maximum Gasteiger partial charge on any atom is 0.239 e. The quantitative estimate of drug-likeness (QED) is 0.839. The van der Waals surface area contributed by atoms with Crippen molar-refractivity contribution in [1.82, 2.24) is 0 Å². The number of carbonyl (C=O) groups excluding carboxylic acids is 1. The Morgan fingerprint density at radius 3 is 2.60 bits per heavy atom. The Balaban J connectivity index is 1.98. The largest absolute Gasteiger partial charge is 0.397 e. The van der Waals surface area contributed by atoms with Gasteiger partial charge in [-0.1, -0.05) is 31.4 Å². The molecule has 3 N–H and O–H groups in total. The molecule has 1 aliphatic carbocycles. The van der Waals surface area contributed by atoms with Crippen molar-refractivity contribution >= 4 is 28.1 Å². The summed E-state index contributed by atoms with van der Waals surface area (Å²) >= 11 is 0. The van der Waals surface area contributed by atoms with E-state index in [9.17, 15) is 9.00 Å². The predicted molar refractivity (Wildman–Crippen MR) is 84.0 cm³/mol. The third kappa shape index (κ3) is 3.60. The summed E-state index contributed by atoms with van der Waals surface area (Å²) in [4.78, 5) is 12.2. The van der Waals surface area contributed by atoms with Gasteiger partial charge in [0.1, 0.15) is 5.25 Å². The summed E-state index contributed by atoms with van der Waals surface area (Å²) in [5.74, 6) is -0.216. The molecule has 1 aromatic carbocycles. The van der Waals surface area contributed by atoms with Gasteiger partial charge in [0.2, 0.25) is 5.91 Å². The van der Waals surface area contributed by atoms with Crippen LogP contribution in [0.3, 0.4) is 0 Å². The van der Waals surface area contributed by atoms with Crippen LogP contribution in [0, 0.1) is 0 Å². The maximum absolute atomic E-state index is 12.4. The van der Waals surface area contributed by atoms with Crippen LogP contribution in [0.1, 0.15) is 39.0 Å². The predicted octanol–water partition coefficient (Wildman–Crippen LogP) is 2.68. The van der Waals surface area contributed by atoms with Crippen molar-refractivity contribution in [2.45, 2.75) is 49.5 Å². The zero-order chi connectivity index (χ0) is 14.5. The molecule has 4 nitrogen and oxygen atoms in total. The summed E-state index contributed by atoms with van der Waals surface area (Å²) < 4.78 is 12.4. The lowest BCUT2D eigenvalue weighted by Gasteiger charge is -2.24. The second kappa shape index (κ2) is 6.88. The lowest BCUT2D eigenvalue weighted by Crippen LogP contribution is -2.35. The first-order chi connectivity index (χ1) is 9.59. The summed E-state index contributed by atoms with van der Waals surface area (Å²) in [5.41, 5.74) is 6.91. The molecule has 0 bridgehead atoms. The number of nitrogen functional groups attached to an aromatic ring is 1. The number of hydrogen-bond donors (Lipinski definition) is 2. The monoisotopic (exact) mass is 294 g/mol. The van der Waals surface area contributed by atoms with Crippen molar-refractivity contribution in [2.75, 3.05) is 11.1 Å². The standard InChI is InChI=1S/C15H22N2O2S/c1-11(20(19)12-7-3-2-4-8-12)15(18)17-14-10-6-5-9-13(14)16/h5-6,9-12H,2-4,7-8,16H2,1H3,(H,17,18). The Morgan fingerprint density at radius 1 is 1.30 bits per heavy atom. The van der Waals surface area contributed by atoms with Crippen molar-refractivity contribution in [2.24, 2.45) is 0 Å². The Labute approximate surface area is 122 Å². The van der Waals surface area contributed by atoms with E-state index in [1.54, 1.807) is 19.1 Å². The molecular weight excluding hydrogens is 272 g/mol. The number of nitrogens with two attached hydrogens (primary N) is 1. The van der Waals surface area contributed by atoms with Gasteiger partial charge in [-0.3, -0.25) is 9.00 Å². The number of benzene rings is 1. The van der Waals surface area contributed by atoms with Gasteiger partial charge in [-0.05, 0) is 31.9 Å². The van der Waals surface area contributed by atoms with Crippen molar-refractivity contribution in [3.05, 3.63) is 24.3 Å². The van der Waals surface area contributed by atoms with E-state index >= 15 is 0 Å². The molecular formula is C15H22N2O2S. The van der Waals surface area contributed by atoms with Crippen molar-refractivity contribution in [3.8, 4) is 0 Å². The van der Waals surface area contributed by atoms with Gasteiger partial charge in [-0.15, -0.1) is 0 Å². The van der Waals surface area contributed by atoms with Gasteiger partial charge in [0.05, 0.1) is 11.4 Å². The van der Waals surface area contributed by atoms with Crippen molar-refractivity contribution in [3.63, 3.8) is 0 Å². The van der Waals surface area contributed by atoms with Gasteiger partial charge in [0.15, 0.2) is 0 Å². The van der Waals surface area contributed by atoms with Crippen molar-refractivity contribution in [1.29, 1.82) is 0 Å². The number of nitrogens with one attached hydrogen (secondary N) is 1. The van der Waals surface area contributed by atoms with E-state index in [0.29, 0.717) is 11.4 Å². The number of hydrogen-bond acceptors (Lipinski definition) is 3. The minimum atomic E-state index is -1.11. The van der Waals surface area contributed by atoms with Gasteiger partial charge in [0, 0.05) is 16.0 Å². The van der Waals surface area contributed by atoms with E-state index in [1.165, 1.54) is 6.42 Å². The smallest absolute Gasteiger partial charge is 0.239 e. The summed E-state index contributed by atoms with van der Waals surface area (Å²) in [7, 11) is -1.11. The van der Waals surface area contributed by atoms with E-state index < -0.39 is 16.0 Å². The average Bonchev–Trinajstić information content (AvgIpc) is 2.49. The molecule has 0 spiro atoms. The highest BCUT2D eigenvalue weighted by atomic mass is 32.2. The molecule has 0 saturated heterocycles. The van der Waals surface area contributed by atoms with Crippen LogP contribution >= 0.6 is 0 Å². The minimum Gasteiger partial charge on any atom is -0.397 e. The van der Waals surface area contributed by atoms with Crippen LogP contribution in [0.4, 0.5) is 11.4 Å². The highest BCUT2D eigenvalue weighted by Gasteiger charge is 2.28. The van der Waals surface area contributed by atoms with E-state index in [-0.39, 0.29) is 11.2 Å². The summed E-state index contributed by atoms with van der Waals surface area (Å²) in [6.07, 6.45) is 5.40. The third-order valence-corrected chi connectivity index (χ3v) is 5.86. The van der Waals surface area contributed by atoms with Crippen LogP contribution in [0.25, 0.3) is 0 Å². The first-order valence-electron chi connectivity index (χ1n) is 7.14. The average molecular weight is 294 g/mol. The van der Waals surface area contributed by atoms with Crippen molar-refractivity contribution < 1.29 is 9.00 Å². The molecule has 1 aromatic rings. The molecule has 2 rings (SSSR count). The molecule has 1 fully saturated rings. The first-order valence-corrected chi connectivity index (χ1v) is 8.42. The van der Waals surface area contributed by atoms with Crippen LogP contribution in [0.15, 0.2) is 24.3 Å². The fourth-order valence-corrected chi connectivity index (χ4v) is 4.18. The molecule has 1 saturated carbocycles. The van der Waals surface area contributed by atoms with Gasteiger partial charge < -0.3 is 11.1 Å². The fraction of sp³-hybridized carbons (Fsp3) is 0.533. The van der Waals surface area contributed by atoms with E-state index in [4.69, 9.17) is 5.73 Å². The number of anilines is 2. The van der Waals surface area contributed by atoms with Gasteiger partial charge in [-0.25, -0.2) is 0 Å². The zero-order valence-electron chi connectivity index (χ0n) is 11.8. The topological polar surface area (TPSA) is 72.2 Å². The summed E-state index contributed by atoms with van der Waals surface area (Å²) in [6, 6.07) is 7.12. The van der Waals surface area contributed by atoms with Crippen LogP contribution in [-0.4, -0.2) is 20.6 Å². The third-order valence-electron chi connectivity index (χ3n) is 3.82. The van der Waals surface area contributed by atoms with Crippen LogP contribution < -0.4 is 11.1 Å². The molecule has 0 heterocycles. The SMILES string of the molecule is CC(C(=O)Nc1ccccc1N)S(=O)C1CCCCC1. The fourth-order valence-electron chi connectivity index (χ4n) is 2.54. The highest BCUT2D eigenvalue weighted by Crippen LogP contribution is 2.25. The molecule has 1 aliphatic rings. The number of carbonyl (C=O) groups is 1. The number of rotatable bonds is 4. The second-order valence-electron chi connectivity index (χ2n) is 5.31. The molecule has 0 aliphatic heterocycles. The lowest BCUT2D eigenvalue weighted by molar-refractivity contribution is -0.115. The van der Waals surface area contributed by atoms with E-state index in [2.05, 4.69) is 5.32 Å². The first kappa shape index (κ1) is 15.0. The molecule has 5 heteroatoms. The Morgan fingerprint density at radius 2 is 1.95 bits per heavy atom. The van der Waals surface area contributed by atoms with Gasteiger partial charge in [-0.2, -0.15) is 0 Å². The normalized spacial score (nSPS) is 19.2. The summed E-state index contributed by atoms with van der Waals surface area (Å²) in [5, 5.41) is 2.44. The summed E-state index contributed by atoms with van der Waals surface area (Å²) in [6.45, 7) is 1.74. The van der Waals surface area contributed by atoms with Crippen LogP contribution in [0.5, 0.6) is 0 Å². The molecule has 20 heavy (non-hydrogen) atoms. The molecule has 1 amide bonds. The Kier molecular flexibility index (Phi) is 5.17. The van der Waals surface area contributed by atoms with E-state index in [1.807, 2.05) is 12.1 Å². The molecule has 2 unspecified atom stereocenters. The second-order valence-corrected chi connectivity index (χ2v) is 7.34. The molecule has 0 radical (unpaired) electrons. The number of amides is 1.